The second-order valence-corrected chi connectivity index (χ2v) is 11.4. The number of aliphatic hydroxyl groups excluding tert-OH is 1. The molecule has 0 aliphatic carbocycles. The van der Waals surface area contributed by atoms with Crippen molar-refractivity contribution in [2.45, 2.75) is 30.2 Å². The third-order valence-corrected chi connectivity index (χ3v) is 8.72. The van der Waals surface area contributed by atoms with Gasteiger partial charge in [0.15, 0.2) is 0 Å². The average Bonchev–Trinajstić information content (AvgIpc) is 3.30. The maximum absolute atomic E-state index is 13.4. The number of aliphatic hydroxyl groups is 1. The van der Waals surface area contributed by atoms with Gasteiger partial charge in [-0.05, 0) is 54.8 Å². The monoisotopic (exact) mass is 548 g/mol. The molecule has 37 heavy (non-hydrogen) atoms. The second kappa shape index (κ2) is 11.0. The number of anilines is 2. The zero-order chi connectivity index (χ0) is 26.7. The lowest BCUT2D eigenvalue weighted by Gasteiger charge is -2.35. The highest BCUT2D eigenvalue weighted by atomic mass is 35.5. The van der Waals surface area contributed by atoms with Crippen molar-refractivity contribution < 1.29 is 28.2 Å². The molecular formula is C25H29ClN4O6S. The predicted octanol–water partition coefficient (Wildman–Crippen LogP) is 3.23. The topological polar surface area (TPSA) is 130 Å². The van der Waals surface area contributed by atoms with Gasteiger partial charge < -0.3 is 20.4 Å². The van der Waals surface area contributed by atoms with Crippen LogP contribution in [-0.4, -0.2) is 73.7 Å². The molecule has 2 amide bonds. The van der Waals surface area contributed by atoms with Crippen molar-refractivity contribution in [2.24, 2.45) is 0 Å². The van der Waals surface area contributed by atoms with E-state index >= 15 is 0 Å². The van der Waals surface area contributed by atoms with Gasteiger partial charge in [0.05, 0.1) is 10.9 Å². The molecule has 1 unspecified atom stereocenters. The summed E-state index contributed by atoms with van der Waals surface area (Å²) >= 11 is 6.09. The van der Waals surface area contributed by atoms with Crippen LogP contribution in [-0.2, 0) is 21.2 Å². The molecule has 3 N–H and O–H groups in total. The summed E-state index contributed by atoms with van der Waals surface area (Å²) in [6, 6.07) is 10.8. The minimum Gasteiger partial charge on any atom is -0.511 e. The lowest BCUT2D eigenvalue weighted by Crippen LogP contribution is -2.48. The van der Waals surface area contributed by atoms with E-state index in [0.29, 0.717) is 49.9 Å². The maximum atomic E-state index is 13.4. The van der Waals surface area contributed by atoms with E-state index in [0.717, 1.165) is 11.3 Å². The van der Waals surface area contributed by atoms with Gasteiger partial charge in [0.2, 0.25) is 10.0 Å². The Morgan fingerprint density at radius 1 is 1.05 bits per heavy atom. The van der Waals surface area contributed by atoms with Gasteiger partial charge in [0.25, 0.3) is 0 Å². The third-order valence-electron chi connectivity index (χ3n) is 6.59. The van der Waals surface area contributed by atoms with E-state index in [1.165, 1.54) is 15.3 Å². The highest BCUT2D eigenvalue weighted by molar-refractivity contribution is 7.89. The minimum absolute atomic E-state index is 0.00113. The Kier molecular flexibility index (Phi) is 7.96. The molecular weight excluding hydrogens is 520 g/mol. The first kappa shape index (κ1) is 26.8. The van der Waals surface area contributed by atoms with Crippen molar-refractivity contribution in [1.29, 1.82) is 0 Å². The lowest BCUT2D eigenvalue weighted by atomic mass is 10.1. The number of amides is 2. The van der Waals surface area contributed by atoms with Crippen LogP contribution in [0.25, 0.3) is 0 Å². The standard InChI is InChI=1S/C25H29ClN4O6S/c1-17(31)22(6-8-24(32)33)27-25(34)30-10-9-18-15-21(5-7-23(18)30)37(35,36)29-13-11-28(12-14-29)20-4-2-3-19(26)16-20/h2-5,7,15-16,22,31H,1,6,8-14H2,(H,27,34)(H,32,33). The zero-order valence-corrected chi connectivity index (χ0v) is 21.7. The number of hydrogen-bond acceptors (Lipinski definition) is 6. The predicted molar refractivity (Wildman–Crippen MR) is 141 cm³/mol. The summed E-state index contributed by atoms with van der Waals surface area (Å²) in [5.41, 5.74) is 2.25. The van der Waals surface area contributed by atoms with E-state index < -0.39 is 28.1 Å². The molecule has 2 aromatic carbocycles. The number of aliphatic carboxylic acids is 1. The number of carbonyl (C=O) groups is 2. The number of carbonyl (C=O) groups excluding carboxylic acids is 1. The minimum atomic E-state index is -3.72. The van der Waals surface area contributed by atoms with Gasteiger partial charge >= 0.3 is 12.0 Å². The summed E-state index contributed by atoms with van der Waals surface area (Å²) in [5.74, 6) is -1.38. The van der Waals surface area contributed by atoms with Crippen molar-refractivity contribution in [3.63, 3.8) is 0 Å². The number of hydrogen-bond donors (Lipinski definition) is 3. The Labute approximate surface area is 220 Å². The first-order valence-corrected chi connectivity index (χ1v) is 13.7. The third kappa shape index (κ3) is 6.00. The highest BCUT2D eigenvalue weighted by Crippen LogP contribution is 2.32. The van der Waals surface area contributed by atoms with E-state index in [-0.39, 0.29) is 23.5 Å². The number of sulfonamides is 1. The van der Waals surface area contributed by atoms with Gasteiger partial charge in [0, 0.05) is 55.5 Å². The number of urea groups is 1. The first-order chi connectivity index (χ1) is 17.6. The Bertz CT molecular complexity index is 1310. The molecule has 0 radical (unpaired) electrons. The van der Waals surface area contributed by atoms with Crippen LogP contribution in [0.4, 0.5) is 16.2 Å². The summed E-state index contributed by atoms with van der Waals surface area (Å²) in [6.45, 7) is 5.49. The van der Waals surface area contributed by atoms with Crippen LogP contribution in [0.2, 0.25) is 5.02 Å². The van der Waals surface area contributed by atoms with Crippen molar-refractivity contribution in [1.82, 2.24) is 9.62 Å². The molecule has 198 valence electrons. The second-order valence-electron chi connectivity index (χ2n) is 8.99. The van der Waals surface area contributed by atoms with Gasteiger partial charge in [-0.25, -0.2) is 13.2 Å². The molecule has 0 saturated carbocycles. The molecule has 1 saturated heterocycles. The van der Waals surface area contributed by atoms with E-state index in [2.05, 4.69) is 16.8 Å². The molecule has 1 fully saturated rings. The summed E-state index contributed by atoms with van der Waals surface area (Å²) in [4.78, 5) is 27.4. The van der Waals surface area contributed by atoms with Gasteiger partial charge in [-0.3, -0.25) is 9.69 Å². The molecule has 2 aliphatic heterocycles. The Balaban J connectivity index is 1.43. The van der Waals surface area contributed by atoms with Crippen LogP contribution >= 0.6 is 11.6 Å². The van der Waals surface area contributed by atoms with Gasteiger partial charge in [-0.1, -0.05) is 24.2 Å². The Morgan fingerprint density at radius 3 is 2.43 bits per heavy atom. The Morgan fingerprint density at radius 2 is 1.78 bits per heavy atom. The lowest BCUT2D eigenvalue weighted by molar-refractivity contribution is -0.137. The molecule has 4 rings (SSSR count). The summed E-state index contributed by atoms with van der Waals surface area (Å²) in [5, 5.41) is 21.9. The van der Waals surface area contributed by atoms with E-state index in [1.54, 1.807) is 18.2 Å². The smallest absolute Gasteiger partial charge is 0.322 e. The van der Waals surface area contributed by atoms with Gasteiger partial charge in [-0.2, -0.15) is 4.31 Å². The number of fused-ring (bicyclic) bond motifs is 1. The van der Waals surface area contributed by atoms with E-state index in [1.807, 2.05) is 18.2 Å². The molecule has 10 nitrogen and oxygen atoms in total. The van der Waals surface area contributed by atoms with Crippen molar-refractivity contribution in [2.75, 3.05) is 42.5 Å². The van der Waals surface area contributed by atoms with E-state index in [4.69, 9.17) is 16.7 Å². The number of benzene rings is 2. The average molecular weight is 549 g/mol. The van der Waals surface area contributed by atoms with Crippen molar-refractivity contribution >= 4 is 45.0 Å². The zero-order valence-electron chi connectivity index (χ0n) is 20.1. The molecule has 2 heterocycles. The SMILES string of the molecule is C=C(O)C(CCC(=O)O)NC(=O)N1CCc2cc(S(=O)(=O)N3CCN(c4cccc(Cl)c4)CC3)ccc21. The maximum Gasteiger partial charge on any atom is 0.322 e. The number of nitrogens with one attached hydrogen (secondary N) is 1. The molecule has 1 atom stereocenters. The normalized spacial score (nSPS) is 16.8. The molecule has 12 heteroatoms. The quantitative estimate of drug-likeness (QED) is 0.432. The number of piperazine rings is 1. The molecule has 2 aliphatic rings. The summed E-state index contributed by atoms with van der Waals surface area (Å²) in [6.07, 6.45) is 0.225. The molecule has 0 spiro atoms. The fraction of sp³-hybridized carbons (Fsp3) is 0.360. The number of nitrogens with zero attached hydrogens (tertiary/aromatic N) is 3. The van der Waals surface area contributed by atoms with Crippen LogP contribution in [0.5, 0.6) is 0 Å². The summed E-state index contributed by atoms with van der Waals surface area (Å²) in [7, 11) is -3.72. The fourth-order valence-electron chi connectivity index (χ4n) is 4.57. The Hall–Kier alpha value is -3.28. The molecule has 0 aromatic heterocycles. The van der Waals surface area contributed by atoms with Gasteiger partial charge in [-0.15, -0.1) is 0 Å². The fourth-order valence-corrected chi connectivity index (χ4v) is 6.23. The van der Waals surface area contributed by atoms with Crippen molar-refractivity contribution in [3.8, 4) is 0 Å². The molecule has 2 aromatic rings. The number of rotatable bonds is 8. The van der Waals surface area contributed by atoms with Crippen LogP contribution in [0, 0.1) is 0 Å². The number of carboxylic acid groups (broad SMARTS) is 1. The summed E-state index contributed by atoms with van der Waals surface area (Å²) < 4.78 is 28.2. The van der Waals surface area contributed by atoms with Crippen LogP contribution in [0.15, 0.2) is 59.7 Å². The van der Waals surface area contributed by atoms with Gasteiger partial charge in [0.1, 0.15) is 5.76 Å². The van der Waals surface area contributed by atoms with Crippen LogP contribution < -0.4 is 15.1 Å². The van der Waals surface area contributed by atoms with E-state index in [9.17, 15) is 23.1 Å². The largest absolute Gasteiger partial charge is 0.511 e. The number of carboxylic acids is 1. The number of halogens is 1. The highest BCUT2D eigenvalue weighted by Gasteiger charge is 2.32. The van der Waals surface area contributed by atoms with Crippen LogP contribution in [0.3, 0.4) is 0 Å². The van der Waals surface area contributed by atoms with Crippen LogP contribution in [0.1, 0.15) is 18.4 Å². The van der Waals surface area contributed by atoms with Crippen molar-refractivity contribution in [3.05, 3.63) is 65.4 Å². The first-order valence-electron chi connectivity index (χ1n) is 11.9. The molecule has 0 bridgehead atoms.